The fourth-order valence-corrected chi connectivity index (χ4v) is 25.4. The molecule has 0 aliphatic heterocycles. The Balaban J connectivity index is 2.45. The Morgan fingerprint density at radius 1 is 0.918 bits per heavy atom. The Labute approximate surface area is 454 Å². The van der Waals surface area contributed by atoms with Crippen LogP contribution in [0.25, 0.3) is 0 Å². The summed E-state index contributed by atoms with van der Waals surface area (Å²) < 4.78 is 33.3. The number of nitrogens with one attached hydrogen (secondary N) is 2. The van der Waals surface area contributed by atoms with Gasteiger partial charge in [0.25, 0.3) is 5.91 Å². The molecule has 0 spiro atoms. The first-order valence-corrected chi connectivity index (χ1v) is 41.6. The number of imidazole rings is 1. The molecule has 0 aromatic carbocycles. The summed E-state index contributed by atoms with van der Waals surface area (Å²) in [6.07, 6.45) is 15.4. The number of allylic oxidation sites excluding steroid dienone is 1. The molecule has 0 bridgehead atoms. The second kappa shape index (κ2) is 30.0. The summed E-state index contributed by atoms with van der Waals surface area (Å²) in [4.78, 5) is 77.8. The van der Waals surface area contributed by atoms with Crippen molar-refractivity contribution in [2.45, 2.75) is 223 Å². The Hall–Kier alpha value is -3.14. The third kappa shape index (κ3) is 23.3. The number of Topliss-reactive ketones (excluding diaryl/α,β-unsaturated/α-hetero) is 1. The van der Waals surface area contributed by atoms with Crippen LogP contribution in [-0.2, 0) is 41.1 Å². The van der Waals surface area contributed by atoms with Gasteiger partial charge in [-0.3, -0.25) is 9.59 Å². The molecule has 2 rings (SSSR count). The average Bonchev–Trinajstić information content (AvgIpc) is 3.93. The summed E-state index contributed by atoms with van der Waals surface area (Å²) in [5.41, 5.74) is -0.464. The quantitative estimate of drug-likeness (QED) is 0.0432. The van der Waals surface area contributed by atoms with Gasteiger partial charge in [0.15, 0.2) is 14.0 Å². The summed E-state index contributed by atoms with van der Waals surface area (Å²) in [5, 5.41) is 6.19. The van der Waals surface area contributed by atoms with Crippen molar-refractivity contribution in [3.8, 4) is 0 Å². The van der Waals surface area contributed by atoms with E-state index in [2.05, 4.69) is 101 Å². The first-order valence-electron chi connectivity index (χ1n) is 26.7. The maximum absolute atomic E-state index is 14.5. The van der Waals surface area contributed by atoms with E-state index in [1.807, 2.05) is 53.4 Å². The fourth-order valence-electron chi connectivity index (χ4n) is 8.18. The van der Waals surface area contributed by atoms with E-state index in [0.717, 1.165) is 4.48 Å². The van der Waals surface area contributed by atoms with Gasteiger partial charge in [-0.25, -0.2) is 19.3 Å². The molecule has 412 valence electrons. The molecule has 0 unspecified atom stereocenters. The summed E-state index contributed by atoms with van der Waals surface area (Å²) >= 11 is 1.02. The Bertz CT molecular complexity index is 2170. The number of aromatic nitrogens is 3. The predicted molar refractivity (Wildman–Crippen MR) is 306 cm³/mol. The van der Waals surface area contributed by atoms with Crippen molar-refractivity contribution in [3.05, 3.63) is 62.7 Å². The number of carbonyl (C=O) groups is 5. The number of ether oxygens (including phenoxy) is 2. The topological polar surface area (TPSA) is 181 Å². The molecular weight excluding hydrogens is 1130 g/mol. The van der Waals surface area contributed by atoms with Crippen LogP contribution in [0.1, 0.15) is 157 Å². The second-order valence-electron chi connectivity index (χ2n) is 23.8. The summed E-state index contributed by atoms with van der Waals surface area (Å²) in [6, 6.07) is -1.30. The SMILES string of the molecule is CCC[CH2][Sn](/[CH]=C/CNC(=O)/C=C/[C@@H](C)[C@H](OC(=O)[C@H](Cc1cn(C(=O)OC(C)(C)C)cn1)NC(=O)c1nc(CC(=O)C[C@@H](/C=C(\C)Br)O[Si](C)(C)C(C)(C)C)oc1[Si](C)(C)C)C(C)C)([CH2]CCC)[CH2]CCC. The molecule has 2 aromatic rings. The summed E-state index contributed by atoms with van der Waals surface area (Å²) in [7, 11) is -4.68. The maximum atomic E-state index is 14.5. The van der Waals surface area contributed by atoms with Crippen molar-refractivity contribution in [2.24, 2.45) is 11.8 Å². The third-order valence-electron chi connectivity index (χ3n) is 13.2. The molecule has 0 saturated carbocycles. The Kier molecular flexibility index (Phi) is 27.1. The molecule has 18 heteroatoms. The standard InChI is InChI=1S/C43H67BrN5O9Si2.3C4H9.Sn/c1-17-20-45-34(51)19-18-28(4)37(27(2)3)56-39(53)33(22-30-25-49(26-46-30)41(54)57-42(6,7)8)47-38(52)36-40(59(12,13)14)55-35(48-36)24-31(50)23-32(21-29(5)44)58-60(15,16)43(9,10)11;3*1-3-4-2;/h1,17-19,21,25-28,32-33,37H,20,22-24H2,2-16H3,(H,45,51)(H,47,52);3*1,3-4H2,2H3;/b17-1?,19-18+,29-21+;;;;/t28-,32-,33+,37-;;;;/m1..../s1. The van der Waals surface area contributed by atoms with Crippen molar-refractivity contribution >= 4 is 85.7 Å². The average molecular weight is 1220 g/mol. The van der Waals surface area contributed by atoms with Gasteiger partial charge in [-0.15, -0.1) is 0 Å². The fraction of sp³-hybridized carbons (Fsp3) is 0.691. The molecular formula is C55H94BrN5O9Si2Sn. The molecule has 2 N–H and O–H groups in total. The Morgan fingerprint density at radius 3 is 2.01 bits per heavy atom. The van der Waals surface area contributed by atoms with Crippen molar-refractivity contribution < 1.29 is 42.3 Å². The van der Waals surface area contributed by atoms with Crippen LogP contribution in [0.4, 0.5) is 4.79 Å². The molecule has 2 amide bonds. The van der Waals surface area contributed by atoms with Crippen LogP contribution in [0.5, 0.6) is 0 Å². The third-order valence-corrected chi connectivity index (χ3v) is 33.9. The minimum atomic E-state index is -2.49. The number of oxazole rings is 1. The number of hydrogen-bond acceptors (Lipinski definition) is 11. The normalized spacial score (nSPS) is 14.9. The first-order chi connectivity index (χ1) is 33.8. The van der Waals surface area contributed by atoms with Gasteiger partial charge >= 0.3 is 202 Å². The molecule has 0 aliphatic carbocycles. The number of esters is 1. The number of rotatable bonds is 30. The molecule has 0 saturated heterocycles. The van der Waals surface area contributed by atoms with E-state index in [1.165, 1.54) is 75.0 Å². The number of hydrogen-bond donors (Lipinski definition) is 2. The minimum absolute atomic E-state index is 0.0148. The Morgan fingerprint density at radius 2 is 1.51 bits per heavy atom. The molecule has 4 atom stereocenters. The monoisotopic (exact) mass is 1220 g/mol. The summed E-state index contributed by atoms with van der Waals surface area (Å²) in [6.45, 7) is 36.9. The number of unbranched alkanes of at least 4 members (excludes halogenated alkanes) is 3. The van der Waals surface area contributed by atoms with Gasteiger partial charge in [-0.05, 0) is 56.4 Å². The van der Waals surface area contributed by atoms with E-state index in [4.69, 9.17) is 18.3 Å². The van der Waals surface area contributed by atoms with Gasteiger partial charge < -0.3 is 18.9 Å². The van der Waals surface area contributed by atoms with Crippen LogP contribution in [-0.4, -0.2) is 109 Å². The van der Waals surface area contributed by atoms with Gasteiger partial charge in [0.05, 0.1) is 18.2 Å². The molecule has 2 heterocycles. The van der Waals surface area contributed by atoms with E-state index in [9.17, 15) is 24.0 Å². The summed E-state index contributed by atoms with van der Waals surface area (Å²) in [5.74, 6) is -2.30. The van der Waals surface area contributed by atoms with Crippen molar-refractivity contribution in [3.63, 3.8) is 0 Å². The number of halogens is 1. The van der Waals surface area contributed by atoms with Crippen molar-refractivity contribution in [1.82, 2.24) is 25.2 Å². The molecule has 0 radical (unpaired) electrons. The molecule has 2 aromatic heterocycles. The molecule has 73 heavy (non-hydrogen) atoms. The van der Waals surface area contributed by atoms with Gasteiger partial charge in [0.1, 0.15) is 31.2 Å². The number of amides is 2. The van der Waals surface area contributed by atoms with Crippen LogP contribution in [0.15, 0.2) is 49.8 Å². The van der Waals surface area contributed by atoms with Crippen LogP contribution < -0.4 is 16.0 Å². The van der Waals surface area contributed by atoms with E-state index in [1.54, 1.807) is 26.8 Å². The molecule has 0 fully saturated rings. The molecule has 0 aliphatic rings. The van der Waals surface area contributed by atoms with Gasteiger partial charge in [0, 0.05) is 19.0 Å². The van der Waals surface area contributed by atoms with E-state index in [0.29, 0.717) is 17.6 Å². The van der Waals surface area contributed by atoms with Crippen LogP contribution in [0, 0.1) is 11.8 Å². The van der Waals surface area contributed by atoms with Gasteiger partial charge in [-0.2, -0.15) is 0 Å². The van der Waals surface area contributed by atoms with E-state index < -0.39 is 76.6 Å². The second-order valence-corrected chi connectivity index (χ2v) is 47.8. The van der Waals surface area contributed by atoms with Crippen LogP contribution >= 0.6 is 15.9 Å². The molecule has 14 nitrogen and oxygen atoms in total. The van der Waals surface area contributed by atoms with Crippen LogP contribution in [0.3, 0.4) is 0 Å². The van der Waals surface area contributed by atoms with Crippen molar-refractivity contribution in [1.29, 1.82) is 0 Å². The van der Waals surface area contributed by atoms with E-state index in [-0.39, 0.29) is 59.4 Å². The zero-order chi connectivity index (χ0) is 55.5. The van der Waals surface area contributed by atoms with Gasteiger partial charge in [-0.1, -0.05) is 56.3 Å². The number of carbonyl (C=O) groups excluding carboxylic acids is 5. The van der Waals surface area contributed by atoms with Crippen LogP contribution in [0.2, 0.25) is 51.1 Å². The first kappa shape index (κ1) is 66.0. The van der Waals surface area contributed by atoms with Crippen molar-refractivity contribution in [2.75, 3.05) is 6.54 Å². The predicted octanol–water partition coefficient (Wildman–Crippen LogP) is 12.6. The van der Waals surface area contributed by atoms with E-state index >= 15 is 0 Å². The van der Waals surface area contributed by atoms with Gasteiger partial charge in [0.2, 0.25) is 5.89 Å². The zero-order valence-corrected chi connectivity index (χ0v) is 54.5. The number of ketones is 1. The number of nitrogens with zero attached hydrogens (tertiary/aromatic N) is 3. The zero-order valence-electron chi connectivity index (χ0n) is 48.0.